The van der Waals surface area contributed by atoms with E-state index >= 15 is 0 Å². The number of hydrogen-bond acceptors (Lipinski definition) is 6. The molecule has 0 fully saturated rings. The summed E-state index contributed by atoms with van der Waals surface area (Å²) in [7, 11) is 0. The van der Waals surface area contributed by atoms with E-state index in [1.54, 1.807) is 72.8 Å². The Morgan fingerprint density at radius 2 is 1.67 bits per heavy atom. The minimum atomic E-state index is -0.894. The predicted molar refractivity (Wildman–Crippen MR) is 130 cm³/mol. The molecule has 9 heteroatoms. The van der Waals surface area contributed by atoms with Gasteiger partial charge in [-0.1, -0.05) is 48.0 Å². The number of para-hydroxylation sites is 1. The Kier molecular flexibility index (Phi) is 7.50. The van der Waals surface area contributed by atoms with Crippen LogP contribution in [0.3, 0.4) is 0 Å². The van der Waals surface area contributed by atoms with Crippen molar-refractivity contribution in [2.45, 2.75) is 12.6 Å². The zero-order valence-electron chi connectivity index (χ0n) is 18.8. The second-order valence-electron chi connectivity index (χ2n) is 7.77. The molecule has 1 unspecified atom stereocenters. The van der Waals surface area contributed by atoms with Crippen molar-refractivity contribution in [2.75, 3.05) is 6.61 Å². The van der Waals surface area contributed by atoms with Crippen molar-refractivity contribution in [2.24, 2.45) is 0 Å². The number of hydrogen-bond donors (Lipinski definition) is 2. The van der Waals surface area contributed by atoms with Crippen LogP contribution < -0.4 is 15.4 Å². The largest absolute Gasteiger partial charge is 0.486 e. The molecule has 2 N–H and O–H groups in total. The first kappa shape index (κ1) is 24.3. The van der Waals surface area contributed by atoms with Crippen LogP contribution in [-0.4, -0.2) is 18.6 Å². The average molecular weight is 499 g/mol. The lowest BCUT2D eigenvalue weighted by molar-refractivity contribution is -0.140. The van der Waals surface area contributed by atoms with E-state index in [0.29, 0.717) is 33.0 Å². The summed E-state index contributed by atoms with van der Waals surface area (Å²) in [5.74, 6) is -0.321. The van der Waals surface area contributed by atoms with Gasteiger partial charge in [-0.3, -0.25) is 0 Å². The van der Waals surface area contributed by atoms with Gasteiger partial charge < -0.3 is 20.1 Å². The number of nitriles is 2. The van der Waals surface area contributed by atoms with Crippen LogP contribution in [-0.2, 0) is 16.1 Å². The third kappa shape index (κ3) is 5.64. The van der Waals surface area contributed by atoms with Crippen molar-refractivity contribution < 1.29 is 19.1 Å². The van der Waals surface area contributed by atoms with Crippen molar-refractivity contribution in [3.8, 4) is 17.9 Å². The molecule has 0 saturated carbocycles. The minimum absolute atomic E-state index is 0.0879. The van der Waals surface area contributed by atoms with Gasteiger partial charge in [-0.25, -0.2) is 9.59 Å². The summed E-state index contributed by atoms with van der Waals surface area (Å²) in [5, 5.41) is 24.2. The molecule has 0 aliphatic carbocycles. The molecule has 0 aromatic heterocycles. The maximum Gasteiger partial charge on any atom is 0.338 e. The van der Waals surface area contributed by atoms with Gasteiger partial charge in [0.15, 0.2) is 0 Å². The summed E-state index contributed by atoms with van der Waals surface area (Å²) in [4.78, 5) is 25.9. The summed E-state index contributed by atoms with van der Waals surface area (Å²) < 4.78 is 11.4. The third-order valence-electron chi connectivity index (χ3n) is 5.36. The first-order chi connectivity index (χ1) is 17.5. The van der Waals surface area contributed by atoms with Crippen LogP contribution in [0.4, 0.5) is 4.79 Å². The van der Waals surface area contributed by atoms with Crippen molar-refractivity contribution >= 4 is 23.6 Å². The molecule has 1 aliphatic rings. The number of ether oxygens (including phenoxy) is 2. The van der Waals surface area contributed by atoms with Gasteiger partial charge in [-0.2, -0.15) is 10.5 Å². The lowest BCUT2D eigenvalue weighted by Crippen LogP contribution is -2.47. The Hall–Kier alpha value is -4.79. The summed E-state index contributed by atoms with van der Waals surface area (Å²) >= 11 is 6.18. The molecule has 8 nitrogen and oxygen atoms in total. The molecule has 0 saturated heterocycles. The van der Waals surface area contributed by atoms with E-state index in [1.807, 2.05) is 6.07 Å². The predicted octanol–water partition coefficient (Wildman–Crippen LogP) is 4.51. The topological polar surface area (TPSA) is 124 Å². The molecule has 1 aliphatic heterocycles. The van der Waals surface area contributed by atoms with Crippen molar-refractivity contribution in [1.29, 1.82) is 10.5 Å². The van der Waals surface area contributed by atoms with Gasteiger partial charge in [0.05, 0.1) is 45.6 Å². The molecule has 0 radical (unpaired) electrons. The van der Waals surface area contributed by atoms with E-state index in [4.69, 9.17) is 26.3 Å². The van der Waals surface area contributed by atoms with Gasteiger partial charge in [0.25, 0.3) is 0 Å². The molecular weight excluding hydrogens is 480 g/mol. The first-order valence-electron chi connectivity index (χ1n) is 10.8. The standard InChI is InChI=1S/C27H19ClN4O4/c28-21-9-1-2-10-23(21)35-16-22-24(26(33)36-15-19-7-3-5-17(11-19)13-29)25(32-27(34)31-22)20-8-4-6-18(12-20)14-30/h1-12,25H,15-16H2,(H2,31,32,34). The number of carbonyl (C=O) groups is 2. The molecule has 1 atom stereocenters. The number of halogens is 1. The quantitative estimate of drug-likeness (QED) is 0.462. The van der Waals surface area contributed by atoms with Gasteiger partial charge in [-0.05, 0) is 47.5 Å². The minimum Gasteiger partial charge on any atom is -0.486 e. The number of esters is 1. The number of benzene rings is 3. The van der Waals surface area contributed by atoms with Gasteiger partial charge in [0.2, 0.25) is 0 Å². The highest BCUT2D eigenvalue weighted by Gasteiger charge is 2.34. The smallest absolute Gasteiger partial charge is 0.338 e. The lowest BCUT2D eigenvalue weighted by Gasteiger charge is -2.29. The van der Waals surface area contributed by atoms with E-state index in [2.05, 4.69) is 16.7 Å². The van der Waals surface area contributed by atoms with Crippen LogP contribution in [0.15, 0.2) is 84.1 Å². The first-order valence-corrected chi connectivity index (χ1v) is 11.2. The monoisotopic (exact) mass is 498 g/mol. The maximum absolute atomic E-state index is 13.4. The van der Waals surface area contributed by atoms with E-state index in [-0.39, 0.29) is 24.5 Å². The number of amides is 2. The van der Waals surface area contributed by atoms with Crippen LogP contribution >= 0.6 is 11.6 Å². The molecule has 36 heavy (non-hydrogen) atoms. The summed E-state index contributed by atoms with van der Waals surface area (Å²) in [6.45, 7) is -0.255. The highest BCUT2D eigenvalue weighted by atomic mass is 35.5. The van der Waals surface area contributed by atoms with E-state index < -0.39 is 18.0 Å². The number of nitrogens with one attached hydrogen (secondary N) is 2. The van der Waals surface area contributed by atoms with Gasteiger partial charge in [-0.15, -0.1) is 0 Å². The molecule has 3 aromatic carbocycles. The van der Waals surface area contributed by atoms with E-state index in [1.165, 1.54) is 0 Å². The van der Waals surface area contributed by atoms with Crippen molar-refractivity contribution in [3.63, 3.8) is 0 Å². The van der Waals surface area contributed by atoms with Gasteiger partial charge >= 0.3 is 12.0 Å². The Bertz CT molecular complexity index is 1440. The van der Waals surface area contributed by atoms with Gasteiger partial charge in [0, 0.05) is 0 Å². The van der Waals surface area contributed by atoms with Gasteiger partial charge in [0.1, 0.15) is 19.0 Å². The molecule has 0 bridgehead atoms. The van der Waals surface area contributed by atoms with Crippen LogP contribution in [0.2, 0.25) is 5.02 Å². The van der Waals surface area contributed by atoms with Crippen molar-refractivity contribution in [3.05, 3.63) is 111 Å². The van der Waals surface area contributed by atoms with E-state index in [9.17, 15) is 14.9 Å². The van der Waals surface area contributed by atoms with E-state index in [0.717, 1.165) is 0 Å². The second kappa shape index (κ2) is 11.1. The fourth-order valence-corrected chi connectivity index (χ4v) is 3.87. The number of urea groups is 1. The number of nitrogens with zero attached hydrogens (tertiary/aromatic N) is 2. The Morgan fingerprint density at radius 3 is 2.42 bits per heavy atom. The lowest BCUT2D eigenvalue weighted by atomic mass is 9.94. The maximum atomic E-state index is 13.4. The Labute approximate surface area is 212 Å². The molecular formula is C27H19ClN4O4. The Morgan fingerprint density at radius 1 is 0.944 bits per heavy atom. The number of rotatable bonds is 7. The third-order valence-corrected chi connectivity index (χ3v) is 5.67. The molecule has 178 valence electrons. The van der Waals surface area contributed by atoms with Crippen LogP contribution in [0.25, 0.3) is 0 Å². The Balaban J connectivity index is 1.68. The van der Waals surface area contributed by atoms with Crippen LogP contribution in [0, 0.1) is 22.7 Å². The average Bonchev–Trinajstić information content (AvgIpc) is 2.91. The van der Waals surface area contributed by atoms with Crippen LogP contribution in [0.1, 0.15) is 28.3 Å². The summed E-state index contributed by atoms with van der Waals surface area (Å²) in [6, 6.07) is 22.8. The summed E-state index contributed by atoms with van der Waals surface area (Å²) in [6.07, 6.45) is 0. The highest BCUT2D eigenvalue weighted by Crippen LogP contribution is 2.30. The molecule has 3 aromatic rings. The zero-order valence-corrected chi connectivity index (χ0v) is 19.6. The normalized spacial score (nSPS) is 14.6. The summed E-state index contributed by atoms with van der Waals surface area (Å²) in [5.41, 5.74) is 2.28. The fourth-order valence-electron chi connectivity index (χ4n) is 3.68. The molecule has 4 rings (SSSR count). The zero-order chi connectivity index (χ0) is 25.5. The molecule has 1 heterocycles. The van der Waals surface area contributed by atoms with Crippen molar-refractivity contribution in [1.82, 2.24) is 10.6 Å². The molecule has 2 amide bonds. The highest BCUT2D eigenvalue weighted by molar-refractivity contribution is 6.32. The fraction of sp³-hybridized carbons (Fsp3) is 0.111. The van der Waals surface area contributed by atoms with Crippen LogP contribution in [0.5, 0.6) is 5.75 Å². The number of carbonyl (C=O) groups excluding carboxylic acids is 2. The molecule has 0 spiro atoms. The SMILES string of the molecule is N#Cc1cccc(COC(=O)C2=C(COc3ccccc3Cl)NC(=O)NC2c2cccc(C#N)c2)c1. The second-order valence-corrected chi connectivity index (χ2v) is 8.18.